The van der Waals surface area contributed by atoms with E-state index in [9.17, 15) is 22.0 Å². The van der Waals surface area contributed by atoms with Crippen molar-refractivity contribution in [2.75, 3.05) is 13.2 Å². The summed E-state index contributed by atoms with van der Waals surface area (Å²) in [4.78, 5) is 0.374. The van der Waals surface area contributed by atoms with Crippen LogP contribution in [0.25, 0.3) is 10.4 Å². The first kappa shape index (κ1) is 21.5. The zero-order valence-electron chi connectivity index (χ0n) is 15.4. The van der Waals surface area contributed by atoms with Gasteiger partial charge in [-0.3, -0.25) is 0 Å². The van der Waals surface area contributed by atoms with Crippen molar-refractivity contribution in [2.45, 2.75) is 46.5 Å². The van der Waals surface area contributed by atoms with Crippen LogP contribution >= 0.6 is 11.3 Å². The van der Waals surface area contributed by atoms with Gasteiger partial charge in [-0.25, -0.2) is 22.0 Å². The summed E-state index contributed by atoms with van der Waals surface area (Å²) < 4.78 is 80.6. The number of aryl methyl sites for hydroxylation is 1. The minimum atomic E-state index is -2.19. The smallest absolute Gasteiger partial charge is 0.200 e. The SMILES string of the molecule is CCCCOc1c(C)sc(-c2c(F)c(F)c(F)c(F)c2F)c1OCCCC. The Labute approximate surface area is 158 Å². The Balaban J connectivity index is 2.61. The third kappa shape index (κ3) is 4.36. The molecule has 0 aliphatic heterocycles. The number of hydrogen-bond donors (Lipinski definition) is 0. The molecule has 8 heteroatoms. The molecule has 2 nitrogen and oxygen atoms in total. The van der Waals surface area contributed by atoms with Crippen molar-refractivity contribution < 1.29 is 31.4 Å². The maximum Gasteiger partial charge on any atom is 0.200 e. The molecule has 150 valence electrons. The zero-order chi connectivity index (χ0) is 20.1. The first-order valence-electron chi connectivity index (χ1n) is 8.75. The van der Waals surface area contributed by atoms with Gasteiger partial charge in [0.05, 0.1) is 23.7 Å². The molecule has 0 atom stereocenters. The van der Waals surface area contributed by atoms with E-state index >= 15 is 0 Å². The van der Waals surface area contributed by atoms with Gasteiger partial charge < -0.3 is 9.47 Å². The van der Waals surface area contributed by atoms with Crippen LogP contribution in [-0.4, -0.2) is 13.2 Å². The highest BCUT2D eigenvalue weighted by Gasteiger charge is 2.31. The van der Waals surface area contributed by atoms with Gasteiger partial charge in [0.25, 0.3) is 0 Å². The van der Waals surface area contributed by atoms with Gasteiger partial charge in [0.2, 0.25) is 5.82 Å². The lowest BCUT2D eigenvalue weighted by atomic mass is 10.1. The van der Waals surface area contributed by atoms with Gasteiger partial charge in [-0.05, 0) is 19.8 Å². The highest BCUT2D eigenvalue weighted by molar-refractivity contribution is 7.16. The first-order valence-corrected chi connectivity index (χ1v) is 9.57. The molecule has 1 aromatic heterocycles. The molecule has 0 aliphatic rings. The van der Waals surface area contributed by atoms with Crippen molar-refractivity contribution in [1.82, 2.24) is 0 Å². The summed E-state index contributed by atoms with van der Waals surface area (Å²) in [7, 11) is 0. The Hall–Kier alpha value is -1.83. The van der Waals surface area contributed by atoms with E-state index in [0.29, 0.717) is 17.9 Å². The fourth-order valence-corrected chi connectivity index (χ4v) is 3.49. The van der Waals surface area contributed by atoms with Crippen molar-refractivity contribution in [3.63, 3.8) is 0 Å². The van der Waals surface area contributed by atoms with Gasteiger partial charge in [-0.15, -0.1) is 11.3 Å². The van der Waals surface area contributed by atoms with Crippen LogP contribution in [0, 0.1) is 36.0 Å². The summed E-state index contributed by atoms with van der Waals surface area (Å²) in [6.07, 6.45) is 3.11. The van der Waals surface area contributed by atoms with Crippen LogP contribution in [0.1, 0.15) is 44.4 Å². The number of rotatable bonds is 9. The Morgan fingerprint density at radius 3 is 1.63 bits per heavy atom. The molecule has 0 N–H and O–H groups in total. The van der Waals surface area contributed by atoms with Crippen LogP contribution in [0.2, 0.25) is 0 Å². The maximum atomic E-state index is 14.3. The molecular weight excluding hydrogens is 387 g/mol. The highest BCUT2D eigenvalue weighted by Crippen LogP contribution is 2.50. The van der Waals surface area contributed by atoms with E-state index in [1.54, 1.807) is 6.92 Å². The van der Waals surface area contributed by atoms with Gasteiger partial charge in [-0.2, -0.15) is 0 Å². The molecule has 2 aromatic rings. The number of halogens is 5. The van der Waals surface area contributed by atoms with Crippen molar-refractivity contribution in [1.29, 1.82) is 0 Å². The lowest BCUT2D eigenvalue weighted by Gasteiger charge is -2.13. The average molecular weight is 408 g/mol. The monoisotopic (exact) mass is 408 g/mol. The fourth-order valence-electron chi connectivity index (χ4n) is 2.41. The molecule has 1 heterocycles. The van der Waals surface area contributed by atoms with E-state index in [2.05, 4.69) is 0 Å². The molecule has 0 bridgehead atoms. The third-order valence-corrected chi connectivity index (χ3v) is 5.00. The zero-order valence-corrected chi connectivity index (χ0v) is 16.2. The Bertz CT molecular complexity index is 775. The van der Waals surface area contributed by atoms with Crippen LogP contribution in [-0.2, 0) is 0 Å². The van der Waals surface area contributed by atoms with Gasteiger partial charge in [0.15, 0.2) is 34.8 Å². The van der Waals surface area contributed by atoms with Crippen LogP contribution in [0.5, 0.6) is 11.5 Å². The molecule has 0 amide bonds. The topological polar surface area (TPSA) is 18.5 Å². The predicted molar refractivity (Wildman–Crippen MR) is 95.1 cm³/mol. The second kappa shape index (κ2) is 9.39. The number of thiophene rings is 1. The van der Waals surface area contributed by atoms with Crippen LogP contribution < -0.4 is 9.47 Å². The quantitative estimate of drug-likeness (QED) is 0.197. The van der Waals surface area contributed by atoms with Gasteiger partial charge >= 0.3 is 0 Å². The number of ether oxygens (including phenoxy) is 2. The molecule has 0 spiro atoms. The highest BCUT2D eigenvalue weighted by atomic mass is 32.1. The van der Waals surface area contributed by atoms with E-state index < -0.39 is 34.6 Å². The van der Waals surface area contributed by atoms with E-state index in [4.69, 9.17) is 9.47 Å². The predicted octanol–water partition coefficient (Wildman–Crippen LogP) is 6.78. The lowest BCUT2D eigenvalue weighted by Crippen LogP contribution is -2.05. The van der Waals surface area contributed by atoms with E-state index in [1.807, 2.05) is 13.8 Å². The van der Waals surface area contributed by atoms with Crippen molar-refractivity contribution in [2.24, 2.45) is 0 Å². The van der Waals surface area contributed by atoms with Crippen LogP contribution in [0.3, 0.4) is 0 Å². The molecule has 0 saturated carbocycles. The molecule has 1 aromatic carbocycles. The van der Waals surface area contributed by atoms with Crippen molar-refractivity contribution >= 4 is 11.3 Å². The van der Waals surface area contributed by atoms with Gasteiger partial charge in [0, 0.05) is 4.88 Å². The fraction of sp³-hybridized carbons (Fsp3) is 0.474. The second-order valence-corrected chi connectivity index (χ2v) is 7.22. The molecule has 2 rings (SSSR count). The van der Waals surface area contributed by atoms with Crippen LogP contribution in [0.4, 0.5) is 22.0 Å². The van der Waals surface area contributed by atoms with E-state index in [0.717, 1.165) is 30.6 Å². The summed E-state index contributed by atoms with van der Waals surface area (Å²) in [5.74, 6) is -9.62. The van der Waals surface area contributed by atoms with Gasteiger partial charge in [0.1, 0.15) is 0 Å². The number of unbranched alkanes of at least 4 members (excludes halogenated alkanes) is 2. The molecular formula is C19H21F5O2S. The minimum absolute atomic E-state index is 0.0188. The summed E-state index contributed by atoms with van der Waals surface area (Å²) >= 11 is 0.876. The largest absolute Gasteiger partial charge is 0.489 e. The lowest BCUT2D eigenvalue weighted by molar-refractivity contribution is 0.263. The molecule has 0 unspecified atom stereocenters. The maximum absolute atomic E-state index is 14.3. The summed E-state index contributed by atoms with van der Waals surface area (Å²) in [6.45, 7) is 6.15. The molecule has 27 heavy (non-hydrogen) atoms. The molecule has 0 aliphatic carbocycles. The molecule has 0 saturated heterocycles. The number of benzene rings is 1. The molecule has 0 fully saturated rings. The van der Waals surface area contributed by atoms with E-state index in [-0.39, 0.29) is 23.0 Å². The number of hydrogen-bond acceptors (Lipinski definition) is 3. The summed E-state index contributed by atoms with van der Waals surface area (Å²) in [6, 6.07) is 0. The Morgan fingerprint density at radius 1 is 0.704 bits per heavy atom. The first-order chi connectivity index (χ1) is 12.8. The molecule has 0 radical (unpaired) electrons. The van der Waals surface area contributed by atoms with Crippen molar-refractivity contribution in [3.05, 3.63) is 34.0 Å². The average Bonchev–Trinajstić information content (AvgIpc) is 2.95. The van der Waals surface area contributed by atoms with E-state index in [1.165, 1.54) is 0 Å². The standard InChI is InChI=1S/C19H21F5O2S/c1-4-6-8-25-17-10(3)27-19(18(17)26-9-7-5-2)11-12(20)14(22)16(24)15(23)13(11)21/h4-9H2,1-3H3. The third-order valence-electron chi connectivity index (χ3n) is 3.91. The summed E-state index contributed by atoms with van der Waals surface area (Å²) in [5.41, 5.74) is -0.990. The Morgan fingerprint density at radius 2 is 1.15 bits per heavy atom. The minimum Gasteiger partial charge on any atom is -0.489 e. The van der Waals surface area contributed by atoms with Crippen molar-refractivity contribution in [3.8, 4) is 21.9 Å². The second-order valence-electron chi connectivity index (χ2n) is 5.99. The van der Waals surface area contributed by atoms with Gasteiger partial charge in [-0.1, -0.05) is 26.7 Å². The van der Waals surface area contributed by atoms with Crippen LogP contribution in [0.15, 0.2) is 0 Å². The normalized spacial score (nSPS) is 11.1. The Kier molecular flexibility index (Phi) is 7.47. The summed E-state index contributed by atoms with van der Waals surface area (Å²) in [5, 5.41) is 0.